The van der Waals surface area contributed by atoms with E-state index < -0.39 is 96.1 Å². The summed E-state index contributed by atoms with van der Waals surface area (Å²) in [6, 6.07) is 9.69. The average molecular weight is 1190 g/mol. The van der Waals surface area contributed by atoms with Gasteiger partial charge in [0.2, 0.25) is 0 Å². The van der Waals surface area contributed by atoms with Crippen molar-refractivity contribution in [3.8, 4) is 0 Å². The van der Waals surface area contributed by atoms with Crippen LogP contribution < -0.4 is 0 Å². The number of benzene rings is 2. The Morgan fingerprint density at radius 1 is 0.407 bits per heavy atom. The Hall–Kier alpha value is -7.38. The molecule has 4 aromatic rings. The Morgan fingerprint density at radius 3 is 1.07 bits per heavy atom. The zero-order valence-corrected chi connectivity index (χ0v) is 54.1. The van der Waals surface area contributed by atoms with Gasteiger partial charge in [-0.05, 0) is 108 Å². The monoisotopic (exact) mass is 1190 g/mol. The van der Waals surface area contributed by atoms with Crippen molar-refractivity contribution in [1.29, 1.82) is 0 Å². The van der Waals surface area contributed by atoms with Gasteiger partial charge in [-0.1, -0.05) is 132 Å². The van der Waals surface area contributed by atoms with E-state index in [4.69, 9.17) is 18.9 Å². The van der Waals surface area contributed by atoms with Crippen LogP contribution in [0.25, 0.3) is 0 Å². The molecule has 86 heavy (non-hydrogen) atoms. The van der Waals surface area contributed by atoms with Gasteiger partial charge >= 0.3 is 23.9 Å². The minimum absolute atomic E-state index is 0.0798. The van der Waals surface area contributed by atoms with Crippen LogP contribution in [0.3, 0.4) is 0 Å². The SMILES string of the molecule is CC(C)C[C@H]1C(=O)O[C@H](Cc2cccc(Cn3cc(C(C)C)cn3)c2)C(=O)N(C)[C@@H](CC(C)C)C(=O)O[C@H](C)C(=O)N(C)[C@@H](CC(C)C)C(=O)O[C@H](Cc2ccc(Cn3cc(C(C)C)cn3)cc2)C(=O)N(C)[C@@H](CC(C)C)C(=O)O[C@H](C)C(=O)N1C. The highest BCUT2D eigenvalue weighted by Gasteiger charge is 2.43. The van der Waals surface area contributed by atoms with Crippen LogP contribution in [0.2, 0.25) is 0 Å². The van der Waals surface area contributed by atoms with Gasteiger partial charge in [0, 0.05) is 53.4 Å². The average Bonchev–Trinajstić information content (AvgIpc) is 3.68. The fourth-order valence-electron chi connectivity index (χ4n) is 10.4. The lowest BCUT2D eigenvalue weighted by molar-refractivity contribution is -0.176. The number of ether oxygens (including phenoxy) is 4. The fourth-order valence-corrected chi connectivity index (χ4v) is 10.4. The zero-order chi connectivity index (χ0) is 64.0. The van der Waals surface area contributed by atoms with E-state index in [0.717, 1.165) is 32.1 Å². The molecule has 20 nitrogen and oxygen atoms in total. The van der Waals surface area contributed by atoms with Crippen molar-refractivity contribution in [2.75, 3.05) is 28.2 Å². The van der Waals surface area contributed by atoms with Crippen molar-refractivity contribution in [1.82, 2.24) is 39.2 Å². The molecule has 0 aliphatic carbocycles. The molecule has 1 fully saturated rings. The third kappa shape index (κ3) is 19.3. The van der Waals surface area contributed by atoms with Crippen LogP contribution in [0.4, 0.5) is 0 Å². The summed E-state index contributed by atoms with van der Waals surface area (Å²) in [6.07, 6.45) is 1.60. The molecule has 5 rings (SSSR count). The highest BCUT2D eigenvalue weighted by molar-refractivity contribution is 5.94. The maximum Gasteiger partial charge on any atom is 0.329 e. The molecule has 8 atom stereocenters. The molecule has 0 radical (unpaired) electrons. The lowest BCUT2D eigenvalue weighted by Gasteiger charge is -2.35. The van der Waals surface area contributed by atoms with E-state index in [1.54, 1.807) is 6.07 Å². The Kier molecular flexibility index (Phi) is 25.3. The molecule has 1 aliphatic rings. The predicted molar refractivity (Wildman–Crippen MR) is 326 cm³/mol. The summed E-state index contributed by atoms with van der Waals surface area (Å²) >= 11 is 0. The van der Waals surface area contributed by atoms with Crippen LogP contribution in [-0.4, -0.2) is 163 Å². The van der Waals surface area contributed by atoms with E-state index >= 15 is 9.59 Å². The van der Waals surface area contributed by atoms with E-state index in [-0.39, 0.29) is 68.1 Å². The van der Waals surface area contributed by atoms with Gasteiger partial charge in [0.1, 0.15) is 24.2 Å². The van der Waals surface area contributed by atoms with Gasteiger partial charge in [-0.15, -0.1) is 0 Å². The molecule has 0 unspecified atom stereocenters. The molecule has 1 saturated heterocycles. The van der Waals surface area contributed by atoms with Crippen LogP contribution in [0.5, 0.6) is 0 Å². The van der Waals surface area contributed by atoms with E-state index in [2.05, 4.69) is 37.9 Å². The maximum absolute atomic E-state index is 15.2. The lowest BCUT2D eigenvalue weighted by Crippen LogP contribution is -2.55. The number of rotatable bonds is 18. The van der Waals surface area contributed by atoms with Gasteiger partial charge in [0.15, 0.2) is 24.4 Å². The number of amides is 4. The minimum atomic E-state index is -1.55. The fraction of sp³-hybridized carbons (Fsp3) is 0.606. The second kappa shape index (κ2) is 31.3. The second-order valence-electron chi connectivity index (χ2n) is 25.7. The number of carbonyl (C=O) groups is 8. The van der Waals surface area contributed by atoms with Gasteiger partial charge in [0.05, 0.1) is 25.5 Å². The van der Waals surface area contributed by atoms with Crippen molar-refractivity contribution in [3.63, 3.8) is 0 Å². The van der Waals surface area contributed by atoms with Crippen molar-refractivity contribution < 1.29 is 57.3 Å². The van der Waals surface area contributed by atoms with E-state index in [0.29, 0.717) is 30.1 Å². The number of cyclic esters (lactones) is 4. The molecule has 3 heterocycles. The molecular weight excluding hydrogens is 1100 g/mol. The van der Waals surface area contributed by atoms with Crippen LogP contribution in [0.15, 0.2) is 73.3 Å². The normalized spacial score (nSPS) is 22.6. The molecular formula is C66H96N8O12. The topological polar surface area (TPSA) is 222 Å². The number of esters is 4. The smallest absolute Gasteiger partial charge is 0.329 e. The quantitative estimate of drug-likeness (QED) is 0.0674. The molecule has 2 aromatic carbocycles. The number of hydrogen-bond donors (Lipinski definition) is 0. The molecule has 0 spiro atoms. The predicted octanol–water partition coefficient (Wildman–Crippen LogP) is 8.40. The van der Waals surface area contributed by atoms with Gasteiger partial charge in [-0.2, -0.15) is 10.2 Å². The van der Waals surface area contributed by atoms with Crippen molar-refractivity contribution in [2.45, 2.75) is 209 Å². The molecule has 0 bridgehead atoms. The first-order valence-electron chi connectivity index (χ1n) is 30.4. The highest BCUT2D eigenvalue weighted by atomic mass is 16.6. The summed E-state index contributed by atoms with van der Waals surface area (Å²) in [7, 11) is 5.60. The van der Waals surface area contributed by atoms with E-state index in [1.807, 2.05) is 132 Å². The Balaban J connectivity index is 1.59. The summed E-state index contributed by atoms with van der Waals surface area (Å²) in [5, 5.41) is 9.03. The standard InChI is InChI=1S/C66H96N8O12/c1-39(2)26-53-63(79)83-46(14)60(76)70(16)56(29-42(7)8)66(82)86-58(32-49-20-19-21-50(30-49)36-74-38-52(34-68-74)44(11)12)62(78)72(18)54(27-40(3)4)64(80)84-45(13)59(75)69(15)55(28-41(5)6)65(81)85-57(61(77)71(53)17)31-47-22-24-48(25-23-47)35-73-37-51(33-67-73)43(9)10/h19-25,30,33-34,37-46,53-58H,26-29,31-32,35-36H2,1-18H3/t45-,46-,53+,54+,55+,56+,57-,58-/m1/s1. The van der Waals surface area contributed by atoms with Gasteiger partial charge in [-0.3, -0.25) is 28.5 Å². The number of likely N-dealkylation sites (N-methyl/N-ethyl adjacent to an activating group) is 4. The van der Waals surface area contributed by atoms with Crippen molar-refractivity contribution in [3.05, 3.63) is 107 Å². The Morgan fingerprint density at radius 2 is 0.721 bits per heavy atom. The Labute approximate surface area is 509 Å². The summed E-state index contributed by atoms with van der Waals surface area (Å²) in [5.74, 6) is -6.87. The van der Waals surface area contributed by atoms with E-state index in [9.17, 15) is 28.8 Å². The number of hydrogen-bond acceptors (Lipinski definition) is 14. The molecule has 4 amide bonds. The van der Waals surface area contributed by atoms with Gasteiger partial charge in [0.25, 0.3) is 23.6 Å². The first-order valence-corrected chi connectivity index (χ1v) is 30.4. The molecule has 20 heteroatoms. The van der Waals surface area contributed by atoms with Crippen LogP contribution in [0.1, 0.15) is 168 Å². The minimum Gasteiger partial charge on any atom is -0.451 e. The third-order valence-electron chi connectivity index (χ3n) is 15.7. The second-order valence-corrected chi connectivity index (χ2v) is 25.7. The first-order chi connectivity index (χ1) is 40.3. The van der Waals surface area contributed by atoms with Crippen molar-refractivity contribution >= 4 is 47.5 Å². The summed E-state index contributed by atoms with van der Waals surface area (Å²) in [5.41, 5.74) is 5.19. The molecule has 2 aromatic heterocycles. The summed E-state index contributed by atoms with van der Waals surface area (Å²) < 4.78 is 28.1. The number of carbonyl (C=O) groups excluding carboxylic acids is 8. The largest absolute Gasteiger partial charge is 0.451 e. The molecule has 1 aliphatic heterocycles. The Bertz CT molecular complexity index is 2930. The third-order valence-corrected chi connectivity index (χ3v) is 15.7. The number of aromatic nitrogens is 4. The number of nitrogens with zero attached hydrogens (tertiary/aromatic N) is 8. The van der Waals surface area contributed by atoms with Crippen LogP contribution in [-0.2, 0) is 83.2 Å². The van der Waals surface area contributed by atoms with E-state index in [1.165, 1.54) is 51.8 Å². The van der Waals surface area contributed by atoms with Crippen molar-refractivity contribution in [2.24, 2.45) is 23.7 Å². The zero-order valence-electron chi connectivity index (χ0n) is 54.1. The molecule has 0 saturated carbocycles. The highest BCUT2D eigenvalue weighted by Crippen LogP contribution is 2.26. The summed E-state index contributed by atoms with van der Waals surface area (Å²) in [4.78, 5) is 123. The maximum atomic E-state index is 15.2. The van der Waals surface area contributed by atoms with Gasteiger partial charge < -0.3 is 38.5 Å². The summed E-state index contributed by atoms with van der Waals surface area (Å²) in [6.45, 7) is 26.8. The molecule has 472 valence electrons. The van der Waals surface area contributed by atoms with Gasteiger partial charge in [-0.25, -0.2) is 19.2 Å². The molecule has 0 N–H and O–H groups in total. The first kappa shape index (κ1) is 69.4. The lowest BCUT2D eigenvalue weighted by atomic mass is 9.99. The van der Waals surface area contributed by atoms with Crippen LogP contribution in [0, 0.1) is 23.7 Å². The van der Waals surface area contributed by atoms with Crippen LogP contribution >= 0.6 is 0 Å².